The van der Waals surface area contributed by atoms with Gasteiger partial charge in [-0.3, -0.25) is 10.1 Å². The number of nitrogens with one attached hydrogen (secondary N) is 2. The van der Waals surface area contributed by atoms with Crippen LogP contribution < -0.4 is 15.4 Å². The van der Waals surface area contributed by atoms with E-state index < -0.39 is 0 Å². The minimum absolute atomic E-state index is 0.266. The summed E-state index contributed by atoms with van der Waals surface area (Å²) in [5, 5.41) is 5.98. The number of thiocarbonyl (C=S) groups is 1. The fourth-order valence-electron chi connectivity index (χ4n) is 2.28. The first-order valence-corrected chi connectivity index (χ1v) is 7.91. The number of anilines is 1. The Kier molecular flexibility index (Phi) is 6.09. The van der Waals surface area contributed by atoms with Crippen molar-refractivity contribution in [2.75, 3.05) is 12.4 Å². The number of aryl methyl sites for hydroxylation is 2. The van der Waals surface area contributed by atoms with E-state index in [-0.39, 0.29) is 11.0 Å². The Morgan fingerprint density at radius 3 is 2.42 bits per heavy atom. The van der Waals surface area contributed by atoms with Crippen molar-refractivity contribution in [1.29, 1.82) is 0 Å². The zero-order valence-corrected chi connectivity index (χ0v) is 14.7. The molecule has 4 nitrogen and oxygen atoms in total. The lowest BCUT2D eigenvalue weighted by atomic mass is 10.1. The van der Waals surface area contributed by atoms with Gasteiger partial charge in [0.15, 0.2) is 5.11 Å². The molecule has 2 aromatic carbocycles. The van der Waals surface area contributed by atoms with E-state index in [4.69, 9.17) is 17.0 Å². The Hall–Kier alpha value is -2.66. The third-order valence-corrected chi connectivity index (χ3v) is 3.71. The van der Waals surface area contributed by atoms with Crippen LogP contribution in [0.5, 0.6) is 5.75 Å². The molecule has 0 spiro atoms. The second kappa shape index (κ2) is 8.26. The van der Waals surface area contributed by atoms with Crippen molar-refractivity contribution in [3.05, 3.63) is 65.2 Å². The highest BCUT2D eigenvalue weighted by molar-refractivity contribution is 7.80. The van der Waals surface area contributed by atoms with Gasteiger partial charge in [-0.05, 0) is 49.3 Å². The van der Waals surface area contributed by atoms with Crippen LogP contribution >= 0.6 is 12.2 Å². The molecule has 0 saturated carbocycles. The van der Waals surface area contributed by atoms with Gasteiger partial charge in [0.25, 0.3) is 0 Å². The molecule has 0 unspecified atom stereocenters. The smallest absolute Gasteiger partial charge is 0.250 e. The number of amides is 1. The maximum absolute atomic E-state index is 12.0. The summed E-state index contributed by atoms with van der Waals surface area (Å²) >= 11 is 5.21. The van der Waals surface area contributed by atoms with Gasteiger partial charge in [-0.1, -0.05) is 36.4 Å². The topological polar surface area (TPSA) is 50.4 Å². The van der Waals surface area contributed by atoms with Crippen molar-refractivity contribution in [3.8, 4) is 5.75 Å². The lowest BCUT2D eigenvalue weighted by Crippen LogP contribution is -2.33. The van der Waals surface area contributed by atoms with Crippen LogP contribution in [0.3, 0.4) is 0 Å². The van der Waals surface area contributed by atoms with Crippen molar-refractivity contribution in [2.24, 2.45) is 0 Å². The molecule has 0 atom stereocenters. The summed E-state index contributed by atoms with van der Waals surface area (Å²) in [5.74, 6) is 0.405. The number of methoxy groups -OCH3 is 1. The Labute approximate surface area is 147 Å². The Balaban J connectivity index is 1.99. The predicted molar refractivity (Wildman–Crippen MR) is 102 cm³/mol. The molecule has 0 radical (unpaired) electrons. The van der Waals surface area contributed by atoms with Gasteiger partial charge in [-0.2, -0.15) is 0 Å². The van der Waals surface area contributed by atoms with Gasteiger partial charge < -0.3 is 10.1 Å². The molecule has 124 valence electrons. The molecular formula is C19H20N2O2S. The van der Waals surface area contributed by atoms with E-state index in [0.29, 0.717) is 5.75 Å². The monoisotopic (exact) mass is 340 g/mol. The predicted octanol–water partition coefficient (Wildman–Crippen LogP) is 3.84. The van der Waals surface area contributed by atoms with E-state index >= 15 is 0 Å². The normalized spacial score (nSPS) is 10.5. The van der Waals surface area contributed by atoms with E-state index in [2.05, 4.69) is 10.6 Å². The van der Waals surface area contributed by atoms with Crippen LogP contribution in [0.15, 0.2) is 48.5 Å². The fourth-order valence-corrected chi connectivity index (χ4v) is 2.48. The molecule has 1 amide bonds. The first-order chi connectivity index (χ1) is 11.5. The molecule has 0 aromatic heterocycles. The summed E-state index contributed by atoms with van der Waals surface area (Å²) in [5.41, 5.74) is 3.87. The molecule has 0 aliphatic rings. The van der Waals surface area contributed by atoms with Gasteiger partial charge in [0.05, 0.1) is 7.11 Å². The minimum Gasteiger partial charge on any atom is -0.496 e. The highest BCUT2D eigenvalue weighted by Crippen LogP contribution is 2.19. The van der Waals surface area contributed by atoms with E-state index in [9.17, 15) is 4.79 Å². The van der Waals surface area contributed by atoms with Gasteiger partial charge in [0.1, 0.15) is 5.75 Å². The molecule has 5 heteroatoms. The number of ether oxygens (including phenoxy) is 1. The fraction of sp³-hybridized carbons (Fsp3) is 0.158. The number of benzene rings is 2. The first-order valence-electron chi connectivity index (χ1n) is 7.50. The van der Waals surface area contributed by atoms with Crippen molar-refractivity contribution >= 4 is 35.0 Å². The van der Waals surface area contributed by atoms with Gasteiger partial charge in [-0.25, -0.2) is 0 Å². The molecule has 0 aliphatic heterocycles. The van der Waals surface area contributed by atoms with Crippen LogP contribution in [0.4, 0.5) is 5.69 Å². The van der Waals surface area contributed by atoms with Crippen LogP contribution in [0.25, 0.3) is 6.08 Å². The van der Waals surface area contributed by atoms with Gasteiger partial charge in [0, 0.05) is 17.3 Å². The van der Waals surface area contributed by atoms with Gasteiger partial charge in [-0.15, -0.1) is 0 Å². The van der Waals surface area contributed by atoms with Crippen molar-refractivity contribution in [2.45, 2.75) is 13.8 Å². The summed E-state index contributed by atoms with van der Waals surface area (Å²) in [6.45, 7) is 3.97. The number of carbonyl (C=O) groups is 1. The molecule has 2 aromatic rings. The Bertz CT molecular complexity index is 764. The summed E-state index contributed by atoms with van der Waals surface area (Å²) in [6.07, 6.45) is 3.12. The average Bonchev–Trinajstić information content (AvgIpc) is 2.56. The molecular weight excluding hydrogens is 320 g/mol. The number of rotatable bonds is 4. The minimum atomic E-state index is -0.301. The number of hydrogen-bond donors (Lipinski definition) is 2. The summed E-state index contributed by atoms with van der Waals surface area (Å²) < 4.78 is 5.24. The number of carbonyl (C=O) groups excluding carboxylic acids is 1. The van der Waals surface area contributed by atoms with Crippen molar-refractivity contribution in [1.82, 2.24) is 5.32 Å². The molecule has 0 saturated heterocycles. The van der Waals surface area contributed by atoms with Gasteiger partial charge in [0.2, 0.25) is 5.91 Å². The zero-order chi connectivity index (χ0) is 17.5. The van der Waals surface area contributed by atoms with Gasteiger partial charge >= 0.3 is 0 Å². The average molecular weight is 340 g/mol. The molecule has 0 aliphatic carbocycles. The van der Waals surface area contributed by atoms with E-state index in [1.165, 1.54) is 6.08 Å². The van der Waals surface area contributed by atoms with Crippen LogP contribution in [0, 0.1) is 13.8 Å². The lowest BCUT2D eigenvalue weighted by Gasteiger charge is -2.13. The Morgan fingerprint density at radius 1 is 1.08 bits per heavy atom. The second-order valence-electron chi connectivity index (χ2n) is 5.29. The summed E-state index contributed by atoms with van der Waals surface area (Å²) in [6, 6.07) is 13.4. The highest BCUT2D eigenvalue weighted by Gasteiger charge is 2.06. The number of para-hydroxylation sites is 2. The van der Waals surface area contributed by atoms with Crippen LogP contribution in [-0.4, -0.2) is 18.1 Å². The lowest BCUT2D eigenvalue weighted by molar-refractivity contribution is -0.115. The molecule has 0 bridgehead atoms. The third-order valence-electron chi connectivity index (χ3n) is 3.51. The summed E-state index contributed by atoms with van der Waals surface area (Å²) in [4.78, 5) is 12.0. The maximum atomic E-state index is 12.0. The maximum Gasteiger partial charge on any atom is 0.250 e. The van der Waals surface area contributed by atoms with Crippen LogP contribution in [0.1, 0.15) is 16.7 Å². The molecule has 0 heterocycles. The Morgan fingerprint density at radius 2 is 1.75 bits per heavy atom. The molecule has 24 heavy (non-hydrogen) atoms. The van der Waals surface area contributed by atoms with E-state index in [1.807, 2.05) is 56.3 Å². The third kappa shape index (κ3) is 4.67. The van der Waals surface area contributed by atoms with Crippen molar-refractivity contribution < 1.29 is 9.53 Å². The first kappa shape index (κ1) is 17.7. The van der Waals surface area contributed by atoms with Crippen molar-refractivity contribution in [3.63, 3.8) is 0 Å². The van der Waals surface area contributed by atoms with E-state index in [0.717, 1.165) is 22.4 Å². The highest BCUT2D eigenvalue weighted by atomic mass is 32.1. The standard InChI is InChI=1S/C19H20N2O2S/c1-13-7-6-8-14(2)18(13)21-19(24)20-17(22)12-11-15-9-4-5-10-16(15)23-3/h4-12H,1-3H3,(H2,20,21,22,24). The second-order valence-corrected chi connectivity index (χ2v) is 5.69. The van der Waals surface area contributed by atoms with Crippen LogP contribution in [-0.2, 0) is 4.79 Å². The quantitative estimate of drug-likeness (QED) is 0.656. The molecule has 2 rings (SSSR count). The van der Waals surface area contributed by atoms with E-state index in [1.54, 1.807) is 13.2 Å². The summed E-state index contributed by atoms with van der Waals surface area (Å²) in [7, 11) is 1.59. The number of hydrogen-bond acceptors (Lipinski definition) is 3. The molecule has 0 fully saturated rings. The SMILES string of the molecule is COc1ccccc1C=CC(=O)NC(=S)Nc1c(C)cccc1C. The van der Waals surface area contributed by atoms with Crippen LogP contribution in [0.2, 0.25) is 0 Å². The molecule has 2 N–H and O–H groups in total. The largest absolute Gasteiger partial charge is 0.496 e. The zero-order valence-electron chi connectivity index (χ0n) is 13.9.